The molecule has 0 aliphatic heterocycles. The third-order valence-electron chi connectivity index (χ3n) is 2.34. The number of benzene rings is 1. The highest BCUT2D eigenvalue weighted by molar-refractivity contribution is 5.95. The van der Waals surface area contributed by atoms with E-state index in [1.54, 1.807) is 19.1 Å². The molecule has 0 radical (unpaired) electrons. The van der Waals surface area contributed by atoms with Gasteiger partial charge in [-0.2, -0.15) is 0 Å². The van der Waals surface area contributed by atoms with Crippen LogP contribution in [0.4, 0.5) is 0 Å². The van der Waals surface area contributed by atoms with E-state index in [4.69, 9.17) is 4.74 Å². The summed E-state index contributed by atoms with van der Waals surface area (Å²) in [7, 11) is 1.29. The van der Waals surface area contributed by atoms with E-state index in [0.29, 0.717) is 5.56 Å². The van der Waals surface area contributed by atoms with Crippen molar-refractivity contribution < 1.29 is 19.1 Å². The number of methoxy groups -OCH3 is 1. The van der Waals surface area contributed by atoms with Gasteiger partial charge >= 0.3 is 11.9 Å². The van der Waals surface area contributed by atoms with Crippen molar-refractivity contribution in [2.75, 3.05) is 7.11 Å². The largest absolute Gasteiger partial charge is 0.465 e. The van der Waals surface area contributed by atoms with Crippen molar-refractivity contribution in [2.45, 2.75) is 20.8 Å². The Bertz CT molecular complexity index is 435. The first kappa shape index (κ1) is 12.2. The maximum absolute atomic E-state index is 11.6. The Labute approximate surface area is 94.2 Å². The van der Waals surface area contributed by atoms with Gasteiger partial charge in [-0.3, -0.25) is 4.79 Å². The molecule has 1 aromatic carbocycles. The highest BCUT2D eigenvalue weighted by atomic mass is 16.5. The summed E-state index contributed by atoms with van der Waals surface area (Å²) in [6.07, 6.45) is 0. The molecule has 4 nitrogen and oxygen atoms in total. The third kappa shape index (κ3) is 2.39. The summed E-state index contributed by atoms with van der Waals surface area (Å²) in [6.45, 7) is 4.95. The fourth-order valence-corrected chi connectivity index (χ4v) is 1.39. The summed E-state index contributed by atoms with van der Waals surface area (Å²) < 4.78 is 9.63. The fourth-order valence-electron chi connectivity index (χ4n) is 1.39. The van der Waals surface area contributed by atoms with Crippen LogP contribution in [0.1, 0.15) is 28.4 Å². The van der Waals surface area contributed by atoms with Crippen LogP contribution in [-0.4, -0.2) is 19.0 Å². The van der Waals surface area contributed by atoms with Gasteiger partial charge in [0.15, 0.2) is 0 Å². The van der Waals surface area contributed by atoms with Crippen LogP contribution in [0.5, 0.6) is 5.75 Å². The normalized spacial score (nSPS) is 9.75. The van der Waals surface area contributed by atoms with Gasteiger partial charge in [0.05, 0.1) is 7.11 Å². The first-order valence-electron chi connectivity index (χ1n) is 4.84. The van der Waals surface area contributed by atoms with Crippen molar-refractivity contribution in [1.82, 2.24) is 0 Å². The molecule has 0 aliphatic rings. The number of carbonyl (C=O) groups excluding carboxylic acids is 2. The van der Waals surface area contributed by atoms with E-state index in [0.717, 1.165) is 11.1 Å². The molecule has 0 bridgehead atoms. The van der Waals surface area contributed by atoms with Crippen LogP contribution in [0.15, 0.2) is 12.1 Å². The predicted molar refractivity (Wildman–Crippen MR) is 58.6 cm³/mol. The quantitative estimate of drug-likeness (QED) is 0.567. The van der Waals surface area contributed by atoms with Crippen molar-refractivity contribution in [1.29, 1.82) is 0 Å². The molecular formula is C12H14O4. The zero-order valence-electron chi connectivity index (χ0n) is 9.79. The maximum atomic E-state index is 11.6. The molecule has 0 aromatic heterocycles. The summed E-state index contributed by atoms with van der Waals surface area (Å²) >= 11 is 0. The Balaban J connectivity index is 3.32. The van der Waals surface area contributed by atoms with E-state index in [1.165, 1.54) is 14.0 Å². The lowest BCUT2D eigenvalue weighted by Gasteiger charge is -2.11. The Morgan fingerprint density at radius 2 is 1.81 bits per heavy atom. The van der Waals surface area contributed by atoms with Crippen molar-refractivity contribution in [3.05, 3.63) is 28.8 Å². The first-order chi connectivity index (χ1) is 7.47. The van der Waals surface area contributed by atoms with E-state index >= 15 is 0 Å². The minimum atomic E-state index is -0.502. The highest BCUT2D eigenvalue weighted by Crippen LogP contribution is 2.25. The van der Waals surface area contributed by atoms with Crippen LogP contribution in [0, 0.1) is 13.8 Å². The summed E-state index contributed by atoms with van der Waals surface area (Å²) in [5, 5.41) is 0. The molecule has 0 saturated carbocycles. The monoisotopic (exact) mass is 222 g/mol. The zero-order chi connectivity index (χ0) is 12.3. The van der Waals surface area contributed by atoms with Crippen molar-refractivity contribution in [3.63, 3.8) is 0 Å². The lowest BCUT2D eigenvalue weighted by Crippen LogP contribution is -2.11. The zero-order valence-corrected chi connectivity index (χ0v) is 9.79. The standard InChI is InChI=1S/C12H14O4/c1-7-5-6-10(16-9(3)13)11(8(7)2)12(14)15-4/h5-6H,1-4H3. The van der Waals surface area contributed by atoms with Gasteiger partial charge in [-0.25, -0.2) is 4.79 Å². The van der Waals surface area contributed by atoms with Crippen LogP contribution >= 0.6 is 0 Å². The van der Waals surface area contributed by atoms with Gasteiger partial charge in [-0.15, -0.1) is 0 Å². The predicted octanol–water partition coefficient (Wildman–Crippen LogP) is 2.02. The molecule has 0 unspecified atom stereocenters. The smallest absolute Gasteiger partial charge is 0.341 e. The van der Waals surface area contributed by atoms with Crippen LogP contribution in [0.2, 0.25) is 0 Å². The summed E-state index contributed by atoms with van der Waals surface area (Å²) in [5.41, 5.74) is 2.00. The molecule has 1 rings (SSSR count). The number of rotatable bonds is 2. The van der Waals surface area contributed by atoms with Crippen molar-refractivity contribution >= 4 is 11.9 Å². The highest BCUT2D eigenvalue weighted by Gasteiger charge is 2.18. The molecule has 4 heteroatoms. The lowest BCUT2D eigenvalue weighted by atomic mass is 10.0. The number of esters is 2. The molecule has 0 spiro atoms. The van der Waals surface area contributed by atoms with Crippen LogP contribution in [0.25, 0.3) is 0 Å². The van der Waals surface area contributed by atoms with E-state index < -0.39 is 11.9 Å². The number of hydrogen-bond acceptors (Lipinski definition) is 4. The molecule has 0 fully saturated rings. The second-order valence-corrected chi connectivity index (χ2v) is 3.47. The van der Waals surface area contributed by atoms with Crippen LogP contribution in [-0.2, 0) is 9.53 Å². The van der Waals surface area contributed by atoms with Gasteiger partial charge in [0.2, 0.25) is 0 Å². The van der Waals surface area contributed by atoms with E-state index in [2.05, 4.69) is 4.74 Å². The number of ether oxygens (including phenoxy) is 2. The van der Waals surface area contributed by atoms with Gasteiger partial charge in [-0.1, -0.05) is 6.07 Å². The fraction of sp³-hybridized carbons (Fsp3) is 0.333. The molecular weight excluding hydrogens is 208 g/mol. The van der Waals surface area contributed by atoms with Crippen molar-refractivity contribution in [2.24, 2.45) is 0 Å². The topological polar surface area (TPSA) is 52.6 Å². The van der Waals surface area contributed by atoms with Crippen molar-refractivity contribution in [3.8, 4) is 5.75 Å². The minimum absolute atomic E-state index is 0.238. The van der Waals surface area contributed by atoms with Crippen LogP contribution < -0.4 is 4.74 Å². The minimum Gasteiger partial charge on any atom is -0.465 e. The Hall–Kier alpha value is -1.84. The third-order valence-corrected chi connectivity index (χ3v) is 2.34. The molecule has 1 aromatic rings. The lowest BCUT2D eigenvalue weighted by molar-refractivity contribution is -0.131. The Morgan fingerprint density at radius 1 is 1.19 bits per heavy atom. The van der Waals surface area contributed by atoms with E-state index in [1.807, 2.05) is 6.92 Å². The molecule has 86 valence electrons. The second-order valence-electron chi connectivity index (χ2n) is 3.47. The second kappa shape index (κ2) is 4.79. The number of hydrogen-bond donors (Lipinski definition) is 0. The molecule has 0 saturated heterocycles. The Kier molecular flexibility index (Phi) is 3.66. The van der Waals surface area contributed by atoms with Gasteiger partial charge in [0.1, 0.15) is 11.3 Å². The SMILES string of the molecule is COC(=O)c1c(OC(C)=O)ccc(C)c1C. The number of aryl methyl sites for hydroxylation is 1. The van der Waals surface area contributed by atoms with Gasteiger partial charge in [0.25, 0.3) is 0 Å². The van der Waals surface area contributed by atoms with Gasteiger partial charge in [0, 0.05) is 6.92 Å². The summed E-state index contributed by atoms with van der Waals surface area (Å²) in [6, 6.07) is 3.38. The van der Waals surface area contributed by atoms with E-state index in [-0.39, 0.29) is 5.75 Å². The van der Waals surface area contributed by atoms with Gasteiger partial charge in [-0.05, 0) is 31.0 Å². The molecule has 16 heavy (non-hydrogen) atoms. The average molecular weight is 222 g/mol. The molecule has 0 amide bonds. The maximum Gasteiger partial charge on any atom is 0.341 e. The molecule has 0 atom stereocenters. The van der Waals surface area contributed by atoms with Crippen LogP contribution in [0.3, 0.4) is 0 Å². The van der Waals surface area contributed by atoms with Gasteiger partial charge < -0.3 is 9.47 Å². The summed E-state index contributed by atoms with van der Waals surface area (Å²) in [4.78, 5) is 22.5. The average Bonchev–Trinajstić information content (AvgIpc) is 2.22. The first-order valence-corrected chi connectivity index (χ1v) is 4.84. The number of carbonyl (C=O) groups is 2. The summed E-state index contributed by atoms with van der Waals surface area (Å²) in [5.74, 6) is -0.728. The molecule has 0 N–H and O–H groups in total. The Morgan fingerprint density at radius 3 is 2.31 bits per heavy atom. The molecule has 0 heterocycles. The van der Waals surface area contributed by atoms with E-state index in [9.17, 15) is 9.59 Å². The molecule has 0 aliphatic carbocycles.